The van der Waals surface area contributed by atoms with E-state index in [1.807, 2.05) is 0 Å². The molecule has 0 saturated carbocycles. The number of benzene rings is 2. The third-order valence-corrected chi connectivity index (χ3v) is 2.95. The van der Waals surface area contributed by atoms with Gasteiger partial charge >= 0.3 is 17.9 Å². The van der Waals surface area contributed by atoms with Crippen LogP contribution in [-0.2, 0) is 0 Å². The summed E-state index contributed by atoms with van der Waals surface area (Å²) in [7, 11) is 0. The fourth-order valence-electron chi connectivity index (χ4n) is 1.98. The first-order valence-corrected chi connectivity index (χ1v) is 5.94. The molecule has 0 fully saturated rings. The lowest BCUT2D eigenvalue weighted by molar-refractivity contribution is 0.0683. The molecule has 2 aromatic carbocycles. The van der Waals surface area contributed by atoms with Crippen LogP contribution in [0.1, 0.15) is 31.1 Å². The molecule has 0 spiro atoms. The van der Waals surface area contributed by atoms with Crippen LogP contribution in [0.2, 0.25) is 0 Å². The first kappa shape index (κ1) is 15.2. The average molecular weight is 304 g/mol. The summed E-state index contributed by atoms with van der Waals surface area (Å²) in [4.78, 5) is 33.3. The van der Waals surface area contributed by atoms with Crippen LogP contribution in [0, 0.1) is 5.82 Å². The molecule has 3 N–H and O–H groups in total. The highest BCUT2D eigenvalue weighted by Gasteiger charge is 2.17. The van der Waals surface area contributed by atoms with Crippen LogP contribution in [0.15, 0.2) is 36.4 Å². The summed E-state index contributed by atoms with van der Waals surface area (Å²) in [6, 6.07) is 6.17. The van der Waals surface area contributed by atoms with Gasteiger partial charge in [0.2, 0.25) is 0 Å². The molecule has 6 nitrogen and oxygen atoms in total. The number of hydrogen-bond donors (Lipinski definition) is 3. The third-order valence-electron chi connectivity index (χ3n) is 2.95. The molecule has 2 rings (SSSR count). The summed E-state index contributed by atoms with van der Waals surface area (Å²) >= 11 is 0. The summed E-state index contributed by atoms with van der Waals surface area (Å²) in [5.41, 5.74) is -0.917. The van der Waals surface area contributed by atoms with Gasteiger partial charge in [-0.3, -0.25) is 0 Å². The van der Waals surface area contributed by atoms with Crippen LogP contribution >= 0.6 is 0 Å². The molecule has 0 aliphatic heterocycles. The lowest BCUT2D eigenvalue weighted by Crippen LogP contribution is -2.05. The van der Waals surface area contributed by atoms with Gasteiger partial charge in [-0.15, -0.1) is 0 Å². The summed E-state index contributed by atoms with van der Waals surface area (Å²) < 4.78 is 13.2. The predicted octanol–water partition coefficient (Wildman–Crippen LogP) is 2.59. The van der Waals surface area contributed by atoms with E-state index >= 15 is 0 Å². The Hall–Kier alpha value is -3.22. The van der Waals surface area contributed by atoms with Gasteiger partial charge in [-0.25, -0.2) is 18.8 Å². The maximum atomic E-state index is 13.2. The van der Waals surface area contributed by atoms with Crippen molar-refractivity contribution in [3.05, 3.63) is 58.9 Å². The topological polar surface area (TPSA) is 112 Å². The van der Waals surface area contributed by atoms with Gasteiger partial charge < -0.3 is 15.3 Å². The number of carboxylic acids is 3. The van der Waals surface area contributed by atoms with Crippen molar-refractivity contribution in [3.8, 4) is 11.1 Å². The van der Waals surface area contributed by atoms with E-state index in [0.29, 0.717) is 0 Å². The highest BCUT2D eigenvalue weighted by molar-refractivity contribution is 6.00. The standard InChI is InChI=1S/C15H9FO6/c16-10-1-2-11(12(6-10)15(21)22)7-3-8(13(17)18)5-9(4-7)14(19)20/h1-6H,(H,17,18)(H,19,20)(H,21,22). The van der Waals surface area contributed by atoms with E-state index in [9.17, 15) is 18.8 Å². The van der Waals surface area contributed by atoms with Crippen LogP contribution in [0.3, 0.4) is 0 Å². The second-order valence-corrected chi connectivity index (χ2v) is 4.40. The largest absolute Gasteiger partial charge is 0.478 e. The number of aromatic carboxylic acids is 3. The Bertz CT molecular complexity index is 764. The molecule has 0 aliphatic rings. The van der Waals surface area contributed by atoms with Crippen LogP contribution < -0.4 is 0 Å². The molecule has 0 radical (unpaired) electrons. The summed E-state index contributed by atoms with van der Waals surface area (Å²) in [5, 5.41) is 27.1. The van der Waals surface area contributed by atoms with Crippen LogP contribution in [-0.4, -0.2) is 33.2 Å². The molecule has 22 heavy (non-hydrogen) atoms. The minimum atomic E-state index is -1.41. The maximum absolute atomic E-state index is 13.2. The molecule has 0 saturated heterocycles. The van der Waals surface area contributed by atoms with Gasteiger partial charge in [-0.1, -0.05) is 6.07 Å². The Kier molecular flexibility index (Phi) is 3.89. The second-order valence-electron chi connectivity index (χ2n) is 4.40. The van der Waals surface area contributed by atoms with Crippen molar-refractivity contribution in [2.45, 2.75) is 0 Å². The van der Waals surface area contributed by atoms with Crippen molar-refractivity contribution >= 4 is 17.9 Å². The van der Waals surface area contributed by atoms with Gasteiger partial charge in [0.25, 0.3) is 0 Å². The Labute approximate surface area is 123 Å². The molecule has 0 aliphatic carbocycles. The Morgan fingerprint density at radius 1 is 0.773 bits per heavy atom. The zero-order valence-electron chi connectivity index (χ0n) is 10.9. The van der Waals surface area contributed by atoms with E-state index in [1.54, 1.807) is 0 Å². The minimum absolute atomic E-state index is 0.0273. The van der Waals surface area contributed by atoms with Gasteiger partial charge in [-0.05, 0) is 41.5 Å². The second kappa shape index (κ2) is 5.65. The molecular formula is C15H9FO6. The van der Waals surface area contributed by atoms with Crippen molar-refractivity contribution in [1.29, 1.82) is 0 Å². The van der Waals surface area contributed by atoms with E-state index in [1.165, 1.54) is 0 Å². The highest BCUT2D eigenvalue weighted by Crippen LogP contribution is 2.27. The lowest BCUT2D eigenvalue weighted by atomic mass is 9.95. The summed E-state index contributed by atoms with van der Waals surface area (Å²) in [6.45, 7) is 0. The van der Waals surface area contributed by atoms with Crippen molar-refractivity contribution in [2.24, 2.45) is 0 Å². The fraction of sp³-hybridized carbons (Fsp3) is 0. The summed E-state index contributed by atoms with van der Waals surface area (Å²) in [5.74, 6) is -4.90. The van der Waals surface area contributed by atoms with Crippen molar-refractivity contribution < 1.29 is 34.1 Å². The summed E-state index contributed by atoms with van der Waals surface area (Å²) in [6.07, 6.45) is 0. The van der Waals surface area contributed by atoms with Crippen molar-refractivity contribution in [1.82, 2.24) is 0 Å². The van der Waals surface area contributed by atoms with Gasteiger partial charge in [0.1, 0.15) is 5.82 Å². The van der Waals surface area contributed by atoms with Gasteiger partial charge in [0, 0.05) is 0 Å². The first-order chi connectivity index (χ1) is 10.3. The monoisotopic (exact) mass is 304 g/mol. The number of carbonyl (C=O) groups is 3. The average Bonchev–Trinajstić information content (AvgIpc) is 2.46. The fourth-order valence-corrected chi connectivity index (χ4v) is 1.98. The highest BCUT2D eigenvalue weighted by atomic mass is 19.1. The molecule has 0 atom stereocenters. The third kappa shape index (κ3) is 2.93. The number of carboxylic acid groups (broad SMARTS) is 3. The molecular weight excluding hydrogens is 295 g/mol. The van der Waals surface area contributed by atoms with E-state index in [4.69, 9.17) is 15.3 Å². The zero-order chi connectivity index (χ0) is 16.4. The molecule has 0 bridgehead atoms. The quantitative estimate of drug-likeness (QED) is 0.800. The van der Waals surface area contributed by atoms with E-state index in [0.717, 1.165) is 36.4 Å². The molecule has 2 aromatic rings. The van der Waals surface area contributed by atoms with Crippen molar-refractivity contribution in [2.75, 3.05) is 0 Å². The van der Waals surface area contributed by atoms with Crippen LogP contribution in [0.4, 0.5) is 4.39 Å². The first-order valence-electron chi connectivity index (χ1n) is 5.94. The van der Waals surface area contributed by atoms with Crippen LogP contribution in [0.25, 0.3) is 11.1 Å². The SMILES string of the molecule is O=C(O)c1cc(C(=O)O)cc(-c2ccc(F)cc2C(=O)O)c1. The normalized spacial score (nSPS) is 10.2. The molecule has 112 valence electrons. The lowest BCUT2D eigenvalue weighted by Gasteiger charge is -2.09. The smallest absolute Gasteiger partial charge is 0.336 e. The van der Waals surface area contributed by atoms with E-state index < -0.39 is 23.7 Å². The molecule has 0 amide bonds. The Morgan fingerprint density at radius 3 is 1.77 bits per heavy atom. The number of hydrogen-bond acceptors (Lipinski definition) is 3. The van der Waals surface area contributed by atoms with E-state index in [-0.39, 0.29) is 27.8 Å². The van der Waals surface area contributed by atoms with Gasteiger partial charge in [0.15, 0.2) is 0 Å². The number of halogens is 1. The zero-order valence-corrected chi connectivity index (χ0v) is 10.9. The van der Waals surface area contributed by atoms with Crippen molar-refractivity contribution in [3.63, 3.8) is 0 Å². The maximum Gasteiger partial charge on any atom is 0.336 e. The Balaban J connectivity index is 2.74. The predicted molar refractivity (Wildman–Crippen MR) is 72.7 cm³/mol. The van der Waals surface area contributed by atoms with E-state index in [2.05, 4.69) is 0 Å². The van der Waals surface area contributed by atoms with Crippen LogP contribution in [0.5, 0.6) is 0 Å². The molecule has 0 aromatic heterocycles. The minimum Gasteiger partial charge on any atom is -0.478 e. The molecule has 7 heteroatoms. The molecule has 0 heterocycles. The van der Waals surface area contributed by atoms with Gasteiger partial charge in [0.05, 0.1) is 16.7 Å². The molecule has 0 unspecified atom stereocenters. The Morgan fingerprint density at radius 2 is 1.32 bits per heavy atom. The van der Waals surface area contributed by atoms with Gasteiger partial charge in [-0.2, -0.15) is 0 Å². The number of rotatable bonds is 4.